The van der Waals surface area contributed by atoms with E-state index in [0.717, 1.165) is 16.9 Å². The lowest BCUT2D eigenvalue weighted by atomic mass is 10.1. The number of amidine groups is 1. The molecule has 4 atom stereocenters. The minimum absolute atomic E-state index is 0.0473. The van der Waals surface area contributed by atoms with Crippen LogP contribution in [0.4, 0.5) is 8.78 Å². The summed E-state index contributed by atoms with van der Waals surface area (Å²) in [5.74, 6) is 0. The summed E-state index contributed by atoms with van der Waals surface area (Å²) in [6.07, 6.45) is -3.02. The average molecular weight is 254 g/mol. The van der Waals surface area contributed by atoms with Gasteiger partial charge in [-0.1, -0.05) is 11.8 Å². The average Bonchev–Trinajstić information content (AvgIpc) is 2.58. The lowest BCUT2D eigenvalue weighted by Crippen LogP contribution is -2.45. The predicted molar refractivity (Wildman–Crippen MR) is 59.7 cm³/mol. The van der Waals surface area contributed by atoms with E-state index in [2.05, 4.69) is 10.3 Å². The fourth-order valence-electron chi connectivity index (χ4n) is 1.73. The number of thioether (sulfide) groups is 2. The predicted octanol–water partition coefficient (Wildman–Crippen LogP) is 1.13. The normalized spacial score (nSPS) is 43.1. The standard InChI is InChI=1S/C8H12F2N2OS2/c1-11-8-12-3-2-4(13)5(6(9)10)14-7(3)15-8/h3-7,13H,2H2,1H3,(H,11,12). The van der Waals surface area contributed by atoms with Gasteiger partial charge in [0.25, 0.3) is 6.43 Å². The second kappa shape index (κ2) is 4.47. The molecule has 0 aromatic rings. The number of aliphatic hydroxyl groups excluding tert-OH is 1. The molecular formula is C8H12F2N2OS2. The smallest absolute Gasteiger partial charge is 0.252 e. The van der Waals surface area contributed by atoms with E-state index in [1.54, 1.807) is 7.05 Å². The number of aliphatic hydroxyl groups is 1. The van der Waals surface area contributed by atoms with Crippen LogP contribution < -0.4 is 5.32 Å². The number of hydrogen-bond donors (Lipinski definition) is 2. The van der Waals surface area contributed by atoms with Crippen LogP contribution in [0.25, 0.3) is 0 Å². The van der Waals surface area contributed by atoms with E-state index in [1.807, 2.05) is 0 Å². The van der Waals surface area contributed by atoms with Crippen molar-refractivity contribution in [1.82, 2.24) is 5.32 Å². The van der Waals surface area contributed by atoms with Gasteiger partial charge in [-0.15, -0.1) is 11.8 Å². The molecule has 15 heavy (non-hydrogen) atoms. The molecule has 2 aliphatic heterocycles. The first-order valence-electron chi connectivity index (χ1n) is 4.63. The summed E-state index contributed by atoms with van der Waals surface area (Å²) in [6, 6.07) is 0.0590. The van der Waals surface area contributed by atoms with Gasteiger partial charge in [0, 0.05) is 7.05 Å². The Balaban J connectivity index is 2.05. The molecule has 86 valence electrons. The molecule has 7 heteroatoms. The van der Waals surface area contributed by atoms with Crippen LogP contribution >= 0.6 is 23.5 Å². The van der Waals surface area contributed by atoms with Gasteiger partial charge in [0.1, 0.15) is 0 Å². The number of nitrogens with zero attached hydrogens (tertiary/aromatic N) is 1. The second-order valence-electron chi connectivity index (χ2n) is 3.50. The van der Waals surface area contributed by atoms with Crippen molar-refractivity contribution in [1.29, 1.82) is 0 Å². The van der Waals surface area contributed by atoms with E-state index >= 15 is 0 Å². The Labute approximate surface area is 95.1 Å². The molecular weight excluding hydrogens is 242 g/mol. The molecule has 0 aliphatic carbocycles. The van der Waals surface area contributed by atoms with Crippen LogP contribution in [-0.2, 0) is 0 Å². The van der Waals surface area contributed by atoms with Crippen molar-refractivity contribution in [3.05, 3.63) is 0 Å². The van der Waals surface area contributed by atoms with Crippen molar-refractivity contribution in [2.45, 2.75) is 34.8 Å². The van der Waals surface area contributed by atoms with Gasteiger partial charge in [-0.3, -0.25) is 4.99 Å². The first kappa shape index (κ1) is 11.5. The Hall–Kier alpha value is -0.0100. The Morgan fingerprint density at radius 2 is 2.33 bits per heavy atom. The highest BCUT2D eigenvalue weighted by Crippen LogP contribution is 2.44. The van der Waals surface area contributed by atoms with Gasteiger partial charge in [-0.25, -0.2) is 8.78 Å². The summed E-state index contributed by atoms with van der Waals surface area (Å²) in [6.45, 7) is 0. The molecule has 2 N–H and O–H groups in total. The van der Waals surface area contributed by atoms with Gasteiger partial charge in [-0.2, -0.15) is 0 Å². The summed E-state index contributed by atoms with van der Waals surface area (Å²) in [4.78, 5) is 3.99. The van der Waals surface area contributed by atoms with Crippen LogP contribution in [-0.4, -0.2) is 45.7 Å². The SMILES string of the molecule is CN=C1NC2CC(O)C(C(F)F)SC2S1. The van der Waals surface area contributed by atoms with Gasteiger partial charge in [0.2, 0.25) is 0 Å². The Morgan fingerprint density at radius 3 is 2.93 bits per heavy atom. The Kier molecular flexibility index (Phi) is 3.42. The molecule has 0 saturated carbocycles. The van der Waals surface area contributed by atoms with Gasteiger partial charge < -0.3 is 10.4 Å². The van der Waals surface area contributed by atoms with E-state index in [0.29, 0.717) is 6.42 Å². The van der Waals surface area contributed by atoms with Crippen LogP contribution in [0, 0.1) is 0 Å². The first-order valence-corrected chi connectivity index (χ1v) is 6.45. The molecule has 2 saturated heterocycles. The number of hydrogen-bond acceptors (Lipinski definition) is 4. The van der Waals surface area contributed by atoms with Gasteiger partial charge >= 0.3 is 0 Å². The van der Waals surface area contributed by atoms with Gasteiger partial charge in [-0.05, 0) is 6.42 Å². The number of fused-ring (bicyclic) bond motifs is 1. The summed E-state index contributed by atoms with van der Waals surface area (Å²) < 4.78 is 25.2. The first-order chi connectivity index (χ1) is 7.11. The third-order valence-electron chi connectivity index (χ3n) is 2.48. The quantitative estimate of drug-likeness (QED) is 0.736. The number of halogens is 2. The highest BCUT2D eigenvalue weighted by molar-refractivity contribution is 8.25. The molecule has 2 heterocycles. The van der Waals surface area contributed by atoms with E-state index in [1.165, 1.54) is 11.8 Å². The van der Waals surface area contributed by atoms with Crippen LogP contribution in [0.5, 0.6) is 0 Å². The molecule has 2 aliphatic rings. The van der Waals surface area contributed by atoms with Crippen molar-refractivity contribution in [3.8, 4) is 0 Å². The largest absolute Gasteiger partial charge is 0.392 e. The van der Waals surface area contributed by atoms with E-state index in [4.69, 9.17) is 0 Å². The highest BCUT2D eigenvalue weighted by Gasteiger charge is 2.45. The molecule has 2 rings (SSSR count). The van der Waals surface area contributed by atoms with Crippen LogP contribution in [0.15, 0.2) is 4.99 Å². The van der Waals surface area contributed by atoms with Crippen molar-refractivity contribution in [2.75, 3.05) is 7.05 Å². The molecule has 0 spiro atoms. The number of aliphatic imine (C=N–C) groups is 1. The topological polar surface area (TPSA) is 44.6 Å². The van der Waals surface area contributed by atoms with Crippen molar-refractivity contribution in [2.24, 2.45) is 4.99 Å². The fourth-order valence-corrected chi connectivity index (χ4v) is 4.59. The Bertz CT molecular complexity index is 277. The summed E-state index contributed by atoms with van der Waals surface area (Å²) in [5, 5.41) is 12.5. The van der Waals surface area contributed by atoms with Gasteiger partial charge in [0.15, 0.2) is 5.17 Å². The minimum atomic E-state index is -2.46. The third kappa shape index (κ3) is 2.24. The molecule has 0 amide bonds. The zero-order chi connectivity index (χ0) is 11.0. The molecule has 0 aromatic heterocycles. The molecule has 0 bridgehead atoms. The number of nitrogens with one attached hydrogen (secondary N) is 1. The van der Waals surface area contributed by atoms with Gasteiger partial charge in [0.05, 0.1) is 22.0 Å². The number of rotatable bonds is 1. The third-order valence-corrected chi connectivity index (χ3v) is 5.62. The van der Waals surface area contributed by atoms with Crippen molar-refractivity contribution in [3.63, 3.8) is 0 Å². The minimum Gasteiger partial charge on any atom is -0.392 e. The zero-order valence-corrected chi connectivity index (χ0v) is 9.69. The lowest BCUT2D eigenvalue weighted by Gasteiger charge is -2.33. The van der Waals surface area contributed by atoms with Crippen LogP contribution in [0.1, 0.15) is 6.42 Å². The van der Waals surface area contributed by atoms with Crippen molar-refractivity contribution < 1.29 is 13.9 Å². The highest BCUT2D eigenvalue weighted by atomic mass is 32.2. The van der Waals surface area contributed by atoms with E-state index in [-0.39, 0.29) is 10.6 Å². The maximum Gasteiger partial charge on any atom is 0.252 e. The number of alkyl halides is 2. The van der Waals surface area contributed by atoms with E-state index < -0.39 is 17.8 Å². The Morgan fingerprint density at radius 1 is 1.60 bits per heavy atom. The summed E-state index contributed by atoms with van der Waals surface area (Å²) >= 11 is 2.63. The van der Waals surface area contributed by atoms with Crippen molar-refractivity contribution >= 4 is 28.7 Å². The molecule has 3 nitrogen and oxygen atoms in total. The maximum absolute atomic E-state index is 12.6. The second-order valence-corrected chi connectivity index (χ2v) is 6.26. The molecule has 0 radical (unpaired) electrons. The van der Waals surface area contributed by atoms with Crippen LogP contribution in [0.2, 0.25) is 0 Å². The molecule has 2 fully saturated rings. The molecule has 0 aromatic carbocycles. The summed E-state index contributed by atoms with van der Waals surface area (Å²) in [5.41, 5.74) is 0. The lowest BCUT2D eigenvalue weighted by molar-refractivity contribution is 0.0584. The van der Waals surface area contributed by atoms with E-state index in [9.17, 15) is 13.9 Å². The monoisotopic (exact) mass is 254 g/mol. The summed E-state index contributed by atoms with van der Waals surface area (Å²) in [7, 11) is 1.67. The van der Waals surface area contributed by atoms with Crippen LogP contribution in [0.3, 0.4) is 0 Å². The zero-order valence-electron chi connectivity index (χ0n) is 8.06. The fraction of sp³-hybridized carbons (Fsp3) is 0.875. The maximum atomic E-state index is 12.6. The molecule has 4 unspecified atom stereocenters.